The maximum absolute atomic E-state index is 5.52. The van der Waals surface area contributed by atoms with Crippen LogP contribution in [0.1, 0.15) is 72.1 Å². The molecule has 1 nitrogen and oxygen atoms in total. The molecule has 0 amide bonds. The van der Waals surface area contributed by atoms with Gasteiger partial charge in [0.05, 0.1) is 12.9 Å². The third kappa shape index (κ3) is 9.84. The van der Waals surface area contributed by atoms with Gasteiger partial charge in [-0.05, 0) is 24.8 Å². The molecule has 0 bridgehead atoms. The van der Waals surface area contributed by atoms with Crippen LogP contribution in [0.3, 0.4) is 0 Å². The second-order valence-electron chi connectivity index (χ2n) is 4.12. The van der Waals surface area contributed by atoms with Crippen LogP contribution >= 0.6 is 0 Å². The SMILES string of the molecule is CCCCCCCCOC=C(CC)CC. The standard InChI is InChI=1S/C14H28O/c1-4-7-8-9-10-11-12-15-13-14(5-2)6-3/h13H,4-12H2,1-3H3. The molecule has 0 aliphatic heterocycles. The van der Waals surface area contributed by atoms with Gasteiger partial charge in [-0.15, -0.1) is 0 Å². The zero-order valence-electron chi connectivity index (χ0n) is 10.8. The van der Waals surface area contributed by atoms with Crippen molar-refractivity contribution in [2.75, 3.05) is 6.61 Å². The number of unbranched alkanes of at least 4 members (excludes halogenated alkanes) is 5. The molecule has 0 aliphatic carbocycles. The Kier molecular flexibility index (Phi) is 11.3. The number of rotatable bonds is 10. The van der Waals surface area contributed by atoms with Gasteiger partial charge in [-0.1, -0.05) is 52.9 Å². The van der Waals surface area contributed by atoms with Gasteiger partial charge in [0, 0.05) is 0 Å². The lowest BCUT2D eigenvalue weighted by Crippen LogP contribution is -1.90. The fourth-order valence-electron chi connectivity index (χ4n) is 1.56. The molecule has 0 N–H and O–H groups in total. The number of hydrogen-bond acceptors (Lipinski definition) is 1. The van der Waals surface area contributed by atoms with Crippen LogP contribution in [0.2, 0.25) is 0 Å². The van der Waals surface area contributed by atoms with Crippen molar-refractivity contribution in [2.45, 2.75) is 72.1 Å². The van der Waals surface area contributed by atoms with Crippen molar-refractivity contribution < 1.29 is 4.74 Å². The zero-order chi connectivity index (χ0) is 11.4. The molecule has 0 aromatic rings. The van der Waals surface area contributed by atoms with Gasteiger partial charge in [0.25, 0.3) is 0 Å². The van der Waals surface area contributed by atoms with Crippen molar-refractivity contribution in [3.05, 3.63) is 11.8 Å². The highest BCUT2D eigenvalue weighted by Crippen LogP contribution is 2.07. The van der Waals surface area contributed by atoms with E-state index in [4.69, 9.17) is 4.74 Å². The summed E-state index contributed by atoms with van der Waals surface area (Å²) >= 11 is 0. The van der Waals surface area contributed by atoms with Crippen LogP contribution in [0, 0.1) is 0 Å². The molecule has 90 valence electrons. The van der Waals surface area contributed by atoms with Gasteiger partial charge in [0.15, 0.2) is 0 Å². The third-order valence-electron chi connectivity index (χ3n) is 2.77. The number of hydrogen-bond donors (Lipinski definition) is 0. The lowest BCUT2D eigenvalue weighted by atomic mass is 10.1. The maximum atomic E-state index is 5.52. The van der Waals surface area contributed by atoms with Crippen LogP contribution in [-0.2, 0) is 4.74 Å². The minimum Gasteiger partial charge on any atom is -0.501 e. The first-order chi connectivity index (χ1) is 7.35. The molecule has 15 heavy (non-hydrogen) atoms. The first-order valence-corrected chi connectivity index (χ1v) is 6.64. The topological polar surface area (TPSA) is 9.23 Å². The van der Waals surface area contributed by atoms with E-state index < -0.39 is 0 Å². The monoisotopic (exact) mass is 212 g/mol. The largest absolute Gasteiger partial charge is 0.501 e. The fourth-order valence-corrected chi connectivity index (χ4v) is 1.56. The molecule has 0 radical (unpaired) electrons. The van der Waals surface area contributed by atoms with Crippen molar-refractivity contribution in [3.63, 3.8) is 0 Å². The van der Waals surface area contributed by atoms with E-state index in [-0.39, 0.29) is 0 Å². The molecule has 0 aliphatic rings. The molecular weight excluding hydrogens is 184 g/mol. The summed E-state index contributed by atoms with van der Waals surface area (Å²) in [6.45, 7) is 7.52. The second-order valence-corrected chi connectivity index (χ2v) is 4.12. The molecule has 0 aromatic carbocycles. The minimum absolute atomic E-state index is 0.898. The van der Waals surface area contributed by atoms with Crippen LogP contribution < -0.4 is 0 Å². The summed E-state index contributed by atoms with van der Waals surface area (Å²) in [5.74, 6) is 0. The van der Waals surface area contributed by atoms with Crippen LogP contribution in [0.5, 0.6) is 0 Å². The minimum atomic E-state index is 0.898. The molecule has 0 saturated heterocycles. The van der Waals surface area contributed by atoms with Crippen LogP contribution in [-0.4, -0.2) is 6.61 Å². The van der Waals surface area contributed by atoms with E-state index in [0.29, 0.717) is 0 Å². The molecule has 1 heteroatoms. The Morgan fingerprint density at radius 2 is 1.47 bits per heavy atom. The molecule has 0 rings (SSSR count). The average molecular weight is 212 g/mol. The van der Waals surface area contributed by atoms with Gasteiger partial charge in [-0.25, -0.2) is 0 Å². The Morgan fingerprint density at radius 3 is 2.07 bits per heavy atom. The Bertz CT molecular complexity index is 143. The van der Waals surface area contributed by atoms with Crippen LogP contribution in [0.25, 0.3) is 0 Å². The smallest absolute Gasteiger partial charge is 0.0873 e. The summed E-state index contributed by atoms with van der Waals surface area (Å²) in [7, 11) is 0. The van der Waals surface area contributed by atoms with E-state index in [1.165, 1.54) is 44.1 Å². The van der Waals surface area contributed by atoms with Gasteiger partial charge in [0.1, 0.15) is 0 Å². The van der Waals surface area contributed by atoms with Crippen LogP contribution in [0.15, 0.2) is 11.8 Å². The highest BCUT2D eigenvalue weighted by Gasteiger charge is 1.91. The average Bonchev–Trinajstić information content (AvgIpc) is 2.27. The summed E-state index contributed by atoms with van der Waals surface area (Å²) in [6, 6.07) is 0. The van der Waals surface area contributed by atoms with Gasteiger partial charge >= 0.3 is 0 Å². The predicted octanol–water partition coefficient (Wildman–Crippen LogP) is 5.07. The molecule has 0 aromatic heterocycles. The van der Waals surface area contributed by atoms with Crippen molar-refractivity contribution in [1.29, 1.82) is 0 Å². The van der Waals surface area contributed by atoms with Gasteiger partial charge in [-0.2, -0.15) is 0 Å². The zero-order valence-corrected chi connectivity index (χ0v) is 10.8. The van der Waals surface area contributed by atoms with Gasteiger partial charge < -0.3 is 4.74 Å². The summed E-state index contributed by atoms with van der Waals surface area (Å²) in [5.41, 5.74) is 1.42. The van der Waals surface area contributed by atoms with Crippen molar-refractivity contribution in [3.8, 4) is 0 Å². The Balaban J connectivity index is 3.20. The molecule has 0 heterocycles. The second kappa shape index (κ2) is 11.6. The normalized spacial score (nSPS) is 10.1. The summed E-state index contributed by atoms with van der Waals surface area (Å²) in [4.78, 5) is 0. The number of ether oxygens (including phenoxy) is 1. The lowest BCUT2D eigenvalue weighted by Gasteiger charge is -2.04. The summed E-state index contributed by atoms with van der Waals surface area (Å²) in [5, 5.41) is 0. The van der Waals surface area contributed by atoms with E-state index >= 15 is 0 Å². The van der Waals surface area contributed by atoms with Crippen molar-refractivity contribution in [2.24, 2.45) is 0 Å². The van der Waals surface area contributed by atoms with Crippen molar-refractivity contribution in [1.82, 2.24) is 0 Å². The molecular formula is C14H28O. The highest BCUT2D eigenvalue weighted by molar-refractivity contribution is 4.95. The maximum Gasteiger partial charge on any atom is 0.0873 e. The van der Waals surface area contributed by atoms with E-state index in [1.54, 1.807) is 0 Å². The van der Waals surface area contributed by atoms with E-state index in [2.05, 4.69) is 20.8 Å². The van der Waals surface area contributed by atoms with E-state index in [9.17, 15) is 0 Å². The number of allylic oxidation sites excluding steroid dienone is 1. The molecule has 0 unspecified atom stereocenters. The fraction of sp³-hybridized carbons (Fsp3) is 0.857. The predicted molar refractivity (Wildman–Crippen MR) is 68.0 cm³/mol. The Labute approximate surface area is 95.9 Å². The lowest BCUT2D eigenvalue weighted by molar-refractivity contribution is 0.236. The van der Waals surface area contributed by atoms with E-state index in [1.807, 2.05) is 6.26 Å². The van der Waals surface area contributed by atoms with Gasteiger partial charge in [-0.3, -0.25) is 0 Å². The first-order valence-electron chi connectivity index (χ1n) is 6.64. The molecule has 0 atom stereocenters. The summed E-state index contributed by atoms with van der Waals surface area (Å²) < 4.78 is 5.52. The molecule has 0 saturated carbocycles. The van der Waals surface area contributed by atoms with Gasteiger partial charge in [0.2, 0.25) is 0 Å². The summed E-state index contributed by atoms with van der Waals surface area (Å²) in [6.07, 6.45) is 12.2. The Hall–Kier alpha value is -0.460. The highest BCUT2D eigenvalue weighted by atomic mass is 16.5. The molecule has 0 spiro atoms. The van der Waals surface area contributed by atoms with E-state index in [0.717, 1.165) is 19.4 Å². The Morgan fingerprint density at radius 1 is 0.867 bits per heavy atom. The van der Waals surface area contributed by atoms with Crippen LogP contribution in [0.4, 0.5) is 0 Å². The molecule has 0 fully saturated rings. The first kappa shape index (κ1) is 14.5. The quantitative estimate of drug-likeness (QED) is 0.363. The van der Waals surface area contributed by atoms with Crippen molar-refractivity contribution >= 4 is 0 Å². The third-order valence-corrected chi connectivity index (χ3v) is 2.77.